The van der Waals surface area contributed by atoms with E-state index < -0.39 is 0 Å². The number of aliphatic imine (C=N–C) groups is 1. The highest BCUT2D eigenvalue weighted by Crippen LogP contribution is 2.18. The molecule has 0 atom stereocenters. The van der Waals surface area contributed by atoms with E-state index in [1.165, 1.54) is 0 Å². The molecule has 1 aliphatic rings. The first-order chi connectivity index (χ1) is 7.13. The molecule has 4 N–H and O–H groups in total. The van der Waals surface area contributed by atoms with E-state index in [9.17, 15) is 4.79 Å². The molecule has 0 radical (unpaired) electrons. The van der Waals surface area contributed by atoms with Gasteiger partial charge >= 0.3 is 0 Å². The number of nitrogens with one attached hydrogen (secondary N) is 2. The van der Waals surface area contributed by atoms with Gasteiger partial charge in [0.1, 0.15) is 0 Å². The highest BCUT2D eigenvalue weighted by atomic mass is 16.2. The summed E-state index contributed by atoms with van der Waals surface area (Å²) in [5.41, 5.74) is 2.49. The van der Waals surface area contributed by atoms with Crippen molar-refractivity contribution in [3.05, 3.63) is 0 Å². The molecule has 0 aromatic heterocycles. The van der Waals surface area contributed by atoms with Crippen molar-refractivity contribution in [3.63, 3.8) is 0 Å². The van der Waals surface area contributed by atoms with Crippen LogP contribution in [0.2, 0.25) is 0 Å². The van der Waals surface area contributed by atoms with Gasteiger partial charge in [0.2, 0.25) is 11.9 Å². The summed E-state index contributed by atoms with van der Waals surface area (Å²) in [6.07, 6.45) is 2.74. The molecular weight excluding hydrogens is 194 g/mol. The maximum absolute atomic E-state index is 11.2. The largest absolute Gasteiger partial charge is 0.353 e. The Balaban J connectivity index is 2.23. The highest BCUT2D eigenvalue weighted by molar-refractivity contribution is 5.80. The van der Waals surface area contributed by atoms with Gasteiger partial charge in [-0.2, -0.15) is 0 Å². The van der Waals surface area contributed by atoms with Crippen molar-refractivity contribution in [1.82, 2.24) is 15.6 Å². The molecule has 1 rings (SSSR count). The lowest BCUT2D eigenvalue weighted by Gasteiger charge is -2.10. The molecule has 15 heavy (non-hydrogen) atoms. The quantitative estimate of drug-likeness (QED) is 0.243. The van der Waals surface area contributed by atoms with Crippen LogP contribution in [0.15, 0.2) is 4.99 Å². The summed E-state index contributed by atoms with van der Waals surface area (Å²) in [5, 5.41) is 3.13. The standard InChI is InChI=1S/C9H19N5O/c1-14(2)8(15)5-6-11-9(13-10)12-7-3-4-7/h7H,3-6,10H2,1-2H3,(H2,11,12,13). The van der Waals surface area contributed by atoms with Gasteiger partial charge in [0.05, 0.1) is 6.54 Å². The maximum Gasteiger partial charge on any atom is 0.223 e. The Kier molecular flexibility index (Phi) is 4.36. The first kappa shape index (κ1) is 11.8. The Morgan fingerprint density at radius 3 is 2.67 bits per heavy atom. The minimum atomic E-state index is 0.0709. The van der Waals surface area contributed by atoms with Gasteiger partial charge in [-0.15, -0.1) is 0 Å². The number of nitrogens with zero attached hydrogens (tertiary/aromatic N) is 2. The lowest BCUT2D eigenvalue weighted by molar-refractivity contribution is -0.128. The molecule has 1 aliphatic carbocycles. The fourth-order valence-electron chi connectivity index (χ4n) is 1.04. The Morgan fingerprint density at radius 2 is 2.20 bits per heavy atom. The van der Waals surface area contributed by atoms with Gasteiger partial charge in [-0.25, -0.2) is 5.84 Å². The van der Waals surface area contributed by atoms with Crippen molar-refractivity contribution in [1.29, 1.82) is 0 Å². The third-order valence-corrected chi connectivity index (χ3v) is 2.15. The lowest BCUT2D eigenvalue weighted by Crippen LogP contribution is -2.42. The number of hydrogen-bond donors (Lipinski definition) is 3. The molecular formula is C9H19N5O. The number of rotatable bonds is 4. The third-order valence-electron chi connectivity index (χ3n) is 2.15. The number of carbonyl (C=O) groups is 1. The molecule has 6 nitrogen and oxygen atoms in total. The number of carbonyl (C=O) groups excluding carboxylic acids is 1. The third kappa shape index (κ3) is 4.64. The molecule has 0 saturated heterocycles. The van der Waals surface area contributed by atoms with Crippen molar-refractivity contribution in [2.45, 2.75) is 25.3 Å². The average Bonchev–Trinajstić information content (AvgIpc) is 2.99. The van der Waals surface area contributed by atoms with E-state index in [2.05, 4.69) is 15.7 Å². The Labute approximate surface area is 89.9 Å². The molecule has 1 fully saturated rings. The molecule has 0 spiro atoms. The van der Waals surface area contributed by atoms with Crippen LogP contribution in [0.25, 0.3) is 0 Å². The summed E-state index contributed by atoms with van der Waals surface area (Å²) in [6, 6.07) is 0.504. The van der Waals surface area contributed by atoms with Crippen LogP contribution in [0.3, 0.4) is 0 Å². The van der Waals surface area contributed by atoms with Crippen LogP contribution < -0.4 is 16.6 Å². The van der Waals surface area contributed by atoms with Crippen LogP contribution in [-0.4, -0.2) is 43.4 Å². The molecule has 0 aromatic carbocycles. The first-order valence-corrected chi connectivity index (χ1v) is 5.11. The van der Waals surface area contributed by atoms with Crippen LogP contribution in [0.4, 0.5) is 0 Å². The first-order valence-electron chi connectivity index (χ1n) is 5.11. The van der Waals surface area contributed by atoms with Crippen LogP contribution in [-0.2, 0) is 4.79 Å². The zero-order valence-corrected chi connectivity index (χ0v) is 9.29. The number of amides is 1. The second-order valence-corrected chi connectivity index (χ2v) is 3.83. The molecule has 1 amide bonds. The van der Waals surface area contributed by atoms with Gasteiger partial charge in [-0.1, -0.05) is 0 Å². The highest BCUT2D eigenvalue weighted by Gasteiger charge is 2.21. The summed E-state index contributed by atoms with van der Waals surface area (Å²) in [7, 11) is 3.47. The summed E-state index contributed by atoms with van der Waals surface area (Å²) in [6.45, 7) is 0.455. The summed E-state index contributed by atoms with van der Waals surface area (Å²) < 4.78 is 0. The molecule has 0 heterocycles. The Hall–Kier alpha value is -1.30. The minimum Gasteiger partial charge on any atom is -0.353 e. The van der Waals surface area contributed by atoms with Crippen LogP contribution >= 0.6 is 0 Å². The fraction of sp³-hybridized carbons (Fsp3) is 0.778. The lowest BCUT2D eigenvalue weighted by atomic mass is 10.4. The Bertz CT molecular complexity index is 247. The second-order valence-electron chi connectivity index (χ2n) is 3.83. The zero-order valence-electron chi connectivity index (χ0n) is 9.29. The predicted octanol–water partition coefficient (Wildman–Crippen LogP) is -0.964. The number of hydrogen-bond acceptors (Lipinski definition) is 3. The van der Waals surface area contributed by atoms with E-state index >= 15 is 0 Å². The van der Waals surface area contributed by atoms with Crippen LogP contribution in [0, 0.1) is 0 Å². The number of guanidine groups is 1. The topological polar surface area (TPSA) is 82.8 Å². The molecule has 0 bridgehead atoms. The molecule has 6 heteroatoms. The average molecular weight is 213 g/mol. The van der Waals surface area contributed by atoms with E-state index in [0.717, 1.165) is 12.8 Å². The van der Waals surface area contributed by atoms with Gasteiger partial charge in [-0.3, -0.25) is 15.2 Å². The van der Waals surface area contributed by atoms with Crippen LogP contribution in [0.5, 0.6) is 0 Å². The van der Waals surface area contributed by atoms with Gasteiger partial charge < -0.3 is 10.2 Å². The van der Waals surface area contributed by atoms with Gasteiger partial charge in [0.25, 0.3) is 0 Å². The summed E-state index contributed by atoms with van der Waals surface area (Å²) in [4.78, 5) is 17.0. The summed E-state index contributed by atoms with van der Waals surface area (Å²) in [5.74, 6) is 5.93. The monoisotopic (exact) mass is 213 g/mol. The molecule has 0 aliphatic heterocycles. The van der Waals surface area contributed by atoms with Crippen molar-refractivity contribution < 1.29 is 4.79 Å². The van der Waals surface area contributed by atoms with E-state index in [-0.39, 0.29) is 5.91 Å². The second kappa shape index (κ2) is 5.55. The van der Waals surface area contributed by atoms with Gasteiger partial charge in [-0.05, 0) is 12.8 Å². The van der Waals surface area contributed by atoms with Crippen molar-refractivity contribution in [2.24, 2.45) is 10.8 Å². The number of hydrazine groups is 1. The maximum atomic E-state index is 11.2. The van der Waals surface area contributed by atoms with Crippen molar-refractivity contribution in [3.8, 4) is 0 Å². The van der Waals surface area contributed by atoms with Crippen molar-refractivity contribution >= 4 is 11.9 Å². The van der Waals surface area contributed by atoms with E-state index in [4.69, 9.17) is 5.84 Å². The molecule has 86 valence electrons. The Morgan fingerprint density at radius 1 is 1.53 bits per heavy atom. The van der Waals surface area contributed by atoms with Gasteiger partial charge in [0.15, 0.2) is 0 Å². The molecule has 1 saturated carbocycles. The molecule has 0 unspecified atom stereocenters. The summed E-state index contributed by atoms with van der Waals surface area (Å²) >= 11 is 0. The zero-order chi connectivity index (χ0) is 11.3. The smallest absolute Gasteiger partial charge is 0.223 e. The molecule has 0 aromatic rings. The van der Waals surface area contributed by atoms with E-state index in [1.54, 1.807) is 19.0 Å². The SMILES string of the molecule is CN(C)C(=O)CCN=C(NN)NC1CC1. The predicted molar refractivity (Wildman–Crippen MR) is 59.1 cm³/mol. The van der Waals surface area contributed by atoms with E-state index in [0.29, 0.717) is 25.0 Å². The van der Waals surface area contributed by atoms with Gasteiger partial charge in [0, 0.05) is 26.6 Å². The number of nitrogens with two attached hydrogens (primary N) is 1. The van der Waals surface area contributed by atoms with Crippen molar-refractivity contribution in [2.75, 3.05) is 20.6 Å². The minimum absolute atomic E-state index is 0.0709. The normalized spacial score (nSPS) is 16.1. The van der Waals surface area contributed by atoms with E-state index in [1.807, 2.05) is 0 Å². The van der Waals surface area contributed by atoms with Crippen LogP contribution in [0.1, 0.15) is 19.3 Å². The fourth-order valence-corrected chi connectivity index (χ4v) is 1.04.